The third-order valence-corrected chi connectivity index (χ3v) is 10.4. The van der Waals surface area contributed by atoms with Crippen LogP contribution in [0.3, 0.4) is 0 Å². The molecule has 0 radical (unpaired) electrons. The molecule has 0 atom stereocenters. The molecule has 0 aromatic heterocycles. The van der Waals surface area contributed by atoms with Gasteiger partial charge in [-0.25, -0.2) is 0 Å². The Morgan fingerprint density at radius 3 is 1.75 bits per heavy atom. The summed E-state index contributed by atoms with van der Waals surface area (Å²) >= 11 is 0. The molecule has 1 fully saturated rings. The van der Waals surface area contributed by atoms with Crippen LogP contribution >= 0.6 is 0 Å². The molecule has 0 aliphatic heterocycles. The van der Waals surface area contributed by atoms with E-state index in [-0.39, 0.29) is 5.04 Å². The molecule has 2 aromatic carbocycles. The fraction of sp³-hybridized carbons (Fsp3) is 0.455. The van der Waals surface area contributed by atoms with Gasteiger partial charge in [-0.05, 0) is 27.8 Å². The summed E-state index contributed by atoms with van der Waals surface area (Å²) in [5.41, 5.74) is 0. The SMILES string of the molecule is CC(C)(CC1CCCCC1)[Si](O)(c1ccccc1)c1ccccc1. The fourth-order valence-electron chi connectivity index (χ4n) is 4.57. The topological polar surface area (TPSA) is 20.2 Å². The highest BCUT2D eigenvalue weighted by Crippen LogP contribution is 2.44. The lowest BCUT2D eigenvalue weighted by Crippen LogP contribution is -2.65. The molecule has 1 aliphatic carbocycles. The first-order valence-corrected chi connectivity index (χ1v) is 11.3. The van der Waals surface area contributed by atoms with E-state index in [0.717, 1.165) is 22.7 Å². The van der Waals surface area contributed by atoms with Crippen LogP contribution in [0.4, 0.5) is 0 Å². The summed E-state index contributed by atoms with van der Waals surface area (Å²) in [6.07, 6.45) is 7.89. The van der Waals surface area contributed by atoms with Crippen LogP contribution in [0.2, 0.25) is 5.04 Å². The van der Waals surface area contributed by atoms with Crippen molar-refractivity contribution in [2.75, 3.05) is 0 Å². The van der Waals surface area contributed by atoms with Gasteiger partial charge in [0.1, 0.15) is 0 Å². The molecule has 1 nitrogen and oxygen atoms in total. The average molecular weight is 339 g/mol. The normalized spacial score (nSPS) is 17.0. The summed E-state index contributed by atoms with van der Waals surface area (Å²) in [4.78, 5) is 12.2. The van der Waals surface area contributed by atoms with Crippen LogP contribution in [0.15, 0.2) is 60.7 Å². The molecular formula is C22H30OSi. The van der Waals surface area contributed by atoms with Gasteiger partial charge in [0.05, 0.1) is 0 Å². The lowest BCUT2D eigenvalue weighted by Gasteiger charge is -2.43. The molecule has 0 heterocycles. The van der Waals surface area contributed by atoms with Crippen molar-refractivity contribution in [3.05, 3.63) is 60.7 Å². The van der Waals surface area contributed by atoms with Gasteiger partial charge in [-0.15, -0.1) is 0 Å². The van der Waals surface area contributed by atoms with Crippen molar-refractivity contribution < 1.29 is 4.80 Å². The predicted molar refractivity (Wildman–Crippen MR) is 105 cm³/mol. The van der Waals surface area contributed by atoms with Crippen molar-refractivity contribution in [3.63, 3.8) is 0 Å². The van der Waals surface area contributed by atoms with E-state index in [4.69, 9.17) is 0 Å². The lowest BCUT2D eigenvalue weighted by molar-refractivity contribution is 0.297. The van der Waals surface area contributed by atoms with Gasteiger partial charge in [-0.1, -0.05) is 107 Å². The largest absolute Gasteiger partial charge is 0.424 e. The molecule has 24 heavy (non-hydrogen) atoms. The Balaban J connectivity index is 2.00. The van der Waals surface area contributed by atoms with Gasteiger partial charge < -0.3 is 4.80 Å². The van der Waals surface area contributed by atoms with Crippen molar-refractivity contribution in [2.45, 2.75) is 57.4 Å². The Bertz CT molecular complexity index is 590. The van der Waals surface area contributed by atoms with Crippen LogP contribution in [0, 0.1) is 5.92 Å². The fourth-order valence-corrected chi connectivity index (χ4v) is 8.40. The zero-order valence-corrected chi connectivity index (χ0v) is 16.0. The minimum Gasteiger partial charge on any atom is -0.424 e. The maximum absolute atomic E-state index is 12.2. The molecule has 0 bridgehead atoms. The van der Waals surface area contributed by atoms with E-state index in [1.165, 1.54) is 32.1 Å². The summed E-state index contributed by atoms with van der Waals surface area (Å²) in [6, 6.07) is 20.8. The third kappa shape index (κ3) is 3.36. The van der Waals surface area contributed by atoms with Crippen molar-refractivity contribution in [1.29, 1.82) is 0 Å². The first-order valence-electron chi connectivity index (χ1n) is 9.37. The van der Waals surface area contributed by atoms with Gasteiger partial charge in [-0.2, -0.15) is 0 Å². The van der Waals surface area contributed by atoms with E-state index in [1.54, 1.807) is 0 Å². The van der Waals surface area contributed by atoms with Gasteiger partial charge in [0.25, 0.3) is 8.32 Å². The highest BCUT2D eigenvalue weighted by Gasteiger charge is 2.50. The summed E-state index contributed by atoms with van der Waals surface area (Å²) in [6.45, 7) is 4.60. The smallest absolute Gasteiger partial charge is 0.258 e. The van der Waals surface area contributed by atoms with E-state index in [1.807, 2.05) is 12.1 Å². The molecule has 0 spiro atoms. The molecule has 3 rings (SSSR count). The van der Waals surface area contributed by atoms with Crippen LogP contribution < -0.4 is 10.4 Å². The van der Waals surface area contributed by atoms with Crippen molar-refractivity contribution in [3.8, 4) is 0 Å². The lowest BCUT2D eigenvalue weighted by atomic mass is 9.83. The Morgan fingerprint density at radius 1 is 0.833 bits per heavy atom. The zero-order chi connectivity index (χ0) is 17.0. The minimum absolute atomic E-state index is 0.0856. The van der Waals surface area contributed by atoms with Crippen molar-refractivity contribution in [2.24, 2.45) is 5.92 Å². The number of hydrogen-bond acceptors (Lipinski definition) is 1. The van der Waals surface area contributed by atoms with Gasteiger partial charge in [-0.3, -0.25) is 0 Å². The van der Waals surface area contributed by atoms with E-state index in [2.05, 4.69) is 62.4 Å². The average Bonchev–Trinajstić information content (AvgIpc) is 2.63. The molecule has 2 heteroatoms. The standard InChI is InChI=1S/C22H30OSi/c1-22(2,18-19-12-6-3-7-13-19)24(23,20-14-8-4-9-15-20)21-16-10-5-11-17-21/h4-5,8-11,14-17,19,23H,3,6-7,12-13,18H2,1-2H3. The Labute approximate surface area is 147 Å². The monoisotopic (exact) mass is 338 g/mol. The van der Waals surface area contributed by atoms with E-state index in [0.29, 0.717) is 0 Å². The maximum Gasteiger partial charge on any atom is 0.258 e. The first-order chi connectivity index (χ1) is 11.5. The molecule has 1 N–H and O–H groups in total. The Kier molecular flexibility index (Phi) is 5.26. The van der Waals surface area contributed by atoms with Crippen LogP contribution in [0.1, 0.15) is 52.4 Å². The van der Waals surface area contributed by atoms with Gasteiger partial charge in [0, 0.05) is 0 Å². The van der Waals surface area contributed by atoms with Crippen molar-refractivity contribution in [1.82, 2.24) is 0 Å². The highest BCUT2D eigenvalue weighted by molar-refractivity contribution is 6.98. The summed E-state index contributed by atoms with van der Waals surface area (Å²) in [5.74, 6) is 0.764. The number of hydrogen-bond donors (Lipinski definition) is 1. The molecular weight excluding hydrogens is 308 g/mol. The van der Waals surface area contributed by atoms with Crippen LogP contribution in [0.5, 0.6) is 0 Å². The molecule has 0 amide bonds. The van der Waals surface area contributed by atoms with Crippen LogP contribution in [-0.4, -0.2) is 13.1 Å². The number of rotatable bonds is 5. The molecule has 0 saturated heterocycles. The number of benzene rings is 2. The van der Waals surface area contributed by atoms with Gasteiger partial charge in [0.15, 0.2) is 0 Å². The molecule has 1 saturated carbocycles. The second-order valence-corrected chi connectivity index (χ2v) is 12.0. The van der Waals surface area contributed by atoms with E-state index in [9.17, 15) is 4.80 Å². The summed E-state index contributed by atoms with van der Waals surface area (Å²) in [5, 5.41) is 2.19. The molecule has 0 unspecified atom stereocenters. The molecule has 2 aromatic rings. The quantitative estimate of drug-likeness (QED) is 0.797. The van der Waals surface area contributed by atoms with Crippen molar-refractivity contribution >= 4 is 18.7 Å². The third-order valence-electron chi connectivity index (χ3n) is 5.89. The molecule has 1 aliphatic rings. The Hall–Kier alpha value is -1.38. The predicted octanol–water partition coefficient (Wildman–Crippen LogP) is 4.49. The van der Waals surface area contributed by atoms with E-state index >= 15 is 0 Å². The molecule has 128 valence electrons. The summed E-state index contributed by atoms with van der Waals surface area (Å²) in [7, 11) is -2.81. The second kappa shape index (κ2) is 7.24. The maximum atomic E-state index is 12.2. The van der Waals surface area contributed by atoms with Crippen LogP contribution in [0.25, 0.3) is 0 Å². The zero-order valence-electron chi connectivity index (χ0n) is 15.0. The van der Waals surface area contributed by atoms with Gasteiger partial charge in [0.2, 0.25) is 0 Å². The minimum atomic E-state index is -2.81. The highest BCUT2D eigenvalue weighted by atomic mass is 28.4. The Morgan fingerprint density at radius 2 is 1.29 bits per heavy atom. The first kappa shape index (κ1) is 17.4. The second-order valence-electron chi connectivity index (χ2n) is 8.03. The van der Waals surface area contributed by atoms with E-state index < -0.39 is 8.32 Å². The van der Waals surface area contributed by atoms with Crippen LogP contribution in [-0.2, 0) is 0 Å². The van der Waals surface area contributed by atoms with Gasteiger partial charge >= 0.3 is 0 Å². The summed E-state index contributed by atoms with van der Waals surface area (Å²) < 4.78 is 0.